The van der Waals surface area contributed by atoms with Crippen molar-refractivity contribution in [3.05, 3.63) is 71.8 Å². The van der Waals surface area contributed by atoms with Crippen molar-refractivity contribution >= 4 is 5.91 Å². The molecule has 0 bridgehead atoms. The van der Waals surface area contributed by atoms with E-state index < -0.39 is 0 Å². The number of nitrogens with zero attached hydrogens (tertiary/aromatic N) is 4. The maximum Gasteiger partial charge on any atom is 0.268 e. The van der Waals surface area contributed by atoms with Gasteiger partial charge in [0, 0.05) is 25.6 Å². The van der Waals surface area contributed by atoms with E-state index in [4.69, 9.17) is 5.26 Å². The van der Waals surface area contributed by atoms with E-state index in [1.807, 2.05) is 49.5 Å². The van der Waals surface area contributed by atoms with Crippen LogP contribution in [0, 0.1) is 11.3 Å². The molecule has 6 nitrogen and oxygen atoms in total. The molecule has 0 radical (unpaired) electrons. The highest BCUT2D eigenvalue weighted by Crippen LogP contribution is 2.21. The van der Waals surface area contributed by atoms with Gasteiger partial charge in [0.25, 0.3) is 5.91 Å². The van der Waals surface area contributed by atoms with E-state index >= 15 is 0 Å². The number of aromatic nitrogens is 3. The van der Waals surface area contributed by atoms with Gasteiger partial charge in [0.1, 0.15) is 11.8 Å². The van der Waals surface area contributed by atoms with Crippen molar-refractivity contribution in [2.45, 2.75) is 13.0 Å². The standard InChI is InChI=1S/C18H17N5O/c1-13(21-18(24)17-10-14(11-19)12-22(17)2)15-6-3-4-7-16(15)23-9-5-8-20-23/h3-10,12-13H,1-2H3,(H,21,24). The first kappa shape index (κ1) is 15.6. The van der Waals surface area contributed by atoms with Crippen molar-refractivity contribution in [3.63, 3.8) is 0 Å². The third-order valence-electron chi connectivity index (χ3n) is 3.87. The Morgan fingerprint density at radius 3 is 2.79 bits per heavy atom. The number of aryl methyl sites for hydroxylation is 1. The Balaban J connectivity index is 1.85. The summed E-state index contributed by atoms with van der Waals surface area (Å²) < 4.78 is 3.42. The zero-order valence-corrected chi connectivity index (χ0v) is 13.5. The number of carbonyl (C=O) groups excluding carboxylic acids is 1. The van der Waals surface area contributed by atoms with E-state index in [-0.39, 0.29) is 11.9 Å². The van der Waals surface area contributed by atoms with Gasteiger partial charge in [-0.1, -0.05) is 18.2 Å². The van der Waals surface area contributed by atoms with E-state index in [9.17, 15) is 4.79 Å². The Hall–Kier alpha value is -3.33. The molecule has 2 aromatic heterocycles. The Morgan fingerprint density at radius 1 is 1.33 bits per heavy atom. The van der Waals surface area contributed by atoms with E-state index in [1.54, 1.807) is 34.8 Å². The van der Waals surface area contributed by atoms with Gasteiger partial charge < -0.3 is 9.88 Å². The SMILES string of the molecule is CC(NC(=O)c1cc(C#N)cn1C)c1ccccc1-n1cccn1. The minimum absolute atomic E-state index is 0.210. The van der Waals surface area contributed by atoms with Gasteiger partial charge in [-0.05, 0) is 30.7 Å². The summed E-state index contributed by atoms with van der Waals surface area (Å²) >= 11 is 0. The summed E-state index contributed by atoms with van der Waals surface area (Å²) in [5, 5.41) is 16.2. The average molecular weight is 319 g/mol. The summed E-state index contributed by atoms with van der Waals surface area (Å²) in [5.74, 6) is -0.221. The molecule has 0 saturated carbocycles. The summed E-state index contributed by atoms with van der Waals surface area (Å²) in [6, 6.07) is 13.1. The molecule has 6 heteroatoms. The fourth-order valence-electron chi connectivity index (χ4n) is 2.67. The summed E-state index contributed by atoms with van der Waals surface area (Å²) in [6.07, 6.45) is 5.22. The zero-order valence-electron chi connectivity index (χ0n) is 13.5. The smallest absolute Gasteiger partial charge is 0.268 e. The molecule has 3 aromatic rings. The number of hydrogen-bond acceptors (Lipinski definition) is 3. The van der Waals surface area contributed by atoms with E-state index in [0.717, 1.165) is 11.3 Å². The molecule has 1 unspecified atom stereocenters. The van der Waals surface area contributed by atoms with E-state index in [2.05, 4.69) is 10.4 Å². The van der Waals surface area contributed by atoms with Crippen LogP contribution in [0.2, 0.25) is 0 Å². The highest BCUT2D eigenvalue weighted by atomic mass is 16.2. The lowest BCUT2D eigenvalue weighted by Crippen LogP contribution is -2.28. The summed E-state index contributed by atoms with van der Waals surface area (Å²) in [4.78, 5) is 12.5. The minimum Gasteiger partial charge on any atom is -0.345 e. The second-order valence-electron chi connectivity index (χ2n) is 5.54. The molecule has 0 aliphatic heterocycles. The molecule has 120 valence electrons. The number of nitrogens with one attached hydrogen (secondary N) is 1. The summed E-state index contributed by atoms with van der Waals surface area (Å²) in [6.45, 7) is 1.92. The van der Waals surface area contributed by atoms with Crippen molar-refractivity contribution in [1.82, 2.24) is 19.7 Å². The number of amides is 1. The fraction of sp³-hybridized carbons (Fsp3) is 0.167. The van der Waals surface area contributed by atoms with Crippen molar-refractivity contribution in [2.24, 2.45) is 7.05 Å². The van der Waals surface area contributed by atoms with Crippen molar-refractivity contribution < 1.29 is 4.79 Å². The number of carbonyl (C=O) groups is 1. The number of benzene rings is 1. The quantitative estimate of drug-likeness (QED) is 0.803. The first-order valence-corrected chi connectivity index (χ1v) is 7.56. The average Bonchev–Trinajstić information content (AvgIpc) is 3.24. The molecule has 0 fully saturated rings. The molecule has 1 aromatic carbocycles. The van der Waals surface area contributed by atoms with Crippen molar-refractivity contribution in [3.8, 4) is 11.8 Å². The summed E-state index contributed by atoms with van der Waals surface area (Å²) in [5.41, 5.74) is 2.80. The molecule has 3 rings (SSSR count). The Morgan fingerprint density at radius 2 is 2.12 bits per heavy atom. The molecule has 24 heavy (non-hydrogen) atoms. The van der Waals surface area contributed by atoms with Gasteiger partial charge in [-0.15, -0.1) is 0 Å². The fourth-order valence-corrected chi connectivity index (χ4v) is 2.67. The van der Waals surface area contributed by atoms with Crippen LogP contribution in [0.25, 0.3) is 5.69 Å². The first-order chi connectivity index (χ1) is 11.6. The van der Waals surface area contributed by atoms with E-state index in [1.165, 1.54) is 0 Å². The molecule has 2 heterocycles. The van der Waals surface area contributed by atoms with Crippen LogP contribution in [0.5, 0.6) is 0 Å². The van der Waals surface area contributed by atoms with E-state index in [0.29, 0.717) is 11.3 Å². The Labute approximate surface area is 140 Å². The lowest BCUT2D eigenvalue weighted by Gasteiger charge is -2.18. The largest absolute Gasteiger partial charge is 0.345 e. The third kappa shape index (κ3) is 2.92. The molecule has 1 amide bonds. The predicted molar refractivity (Wildman–Crippen MR) is 89.6 cm³/mol. The molecular formula is C18H17N5O. The van der Waals surface area contributed by atoms with Gasteiger partial charge in [-0.2, -0.15) is 10.4 Å². The first-order valence-electron chi connectivity index (χ1n) is 7.56. The van der Waals surface area contributed by atoms with Crippen LogP contribution >= 0.6 is 0 Å². The second-order valence-corrected chi connectivity index (χ2v) is 5.54. The third-order valence-corrected chi connectivity index (χ3v) is 3.87. The predicted octanol–water partition coefficient (Wildman–Crippen LogP) is 2.57. The van der Waals surface area contributed by atoms with Crippen LogP contribution < -0.4 is 5.32 Å². The summed E-state index contributed by atoms with van der Waals surface area (Å²) in [7, 11) is 1.75. The number of nitriles is 1. The van der Waals surface area contributed by atoms with Gasteiger partial charge in [0.05, 0.1) is 17.3 Å². The topological polar surface area (TPSA) is 75.6 Å². The Bertz CT molecular complexity index is 902. The molecule has 1 atom stereocenters. The zero-order chi connectivity index (χ0) is 17.1. The Kier molecular flexibility index (Phi) is 4.17. The molecule has 0 spiro atoms. The van der Waals surface area contributed by atoms with Crippen LogP contribution in [-0.2, 0) is 7.05 Å². The van der Waals surface area contributed by atoms with Crippen LogP contribution in [0.4, 0.5) is 0 Å². The molecule has 1 N–H and O–H groups in total. The number of hydrogen-bond donors (Lipinski definition) is 1. The van der Waals surface area contributed by atoms with Gasteiger partial charge in [0.15, 0.2) is 0 Å². The maximum absolute atomic E-state index is 12.5. The lowest BCUT2D eigenvalue weighted by molar-refractivity contribution is 0.0931. The number of para-hydroxylation sites is 1. The van der Waals surface area contributed by atoms with Crippen molar-refractivity contribution in [2.75, 3.05) is 0 Å². The van der Waals surface area contributed by atoms with Crippen LogP contribution in [0.3, 0.4) is 0 Å². The van der Waals surface area contributed by atoms with Crippen LogP contribution in [0.15, 0.2) is 55.0 Å². The van der Waals surface area contributed by atoms with Gasteiger partial charge >= 0.3 is 0 Å². The van der Waals surface area contributed by atoms with Crippen molar-refractivity contribution in [1.29, 1.82) is 5.26 Å². The van der Waals surface area contributed by atoms with Gasteiger partial charge in [-0.25, -0.2) is 4.68 Å². The molecular weight excluding hydrogens is 302 g/mol. The maximum atomic E-state index is 12.5. The monoisotopic (exact) mass is 319 g/mol. The molecule has 0 aliphatic carbocycles. The second kappa shape index (κ2) is 6.42. The normalized spacial score (nSPS) is 11.7. The lowest BCUT2D eigenvalue weighted by atomic mass is 10.1. The molecule has 0 aliphatic rings. The number of rotatable bonds is 4. The minimum atomic E-state index is -0.221. The highest BCUT2D eigenvalue weighted by Gasteiger charge is 2.17. The van der Waals surface area contributed by atoms with Gasteiger partial charge in [0.2, 0.25) is 0 Å². The van der Waals surface area contributed by atoms with Crippen LogP contribution in [-0.4, -0.2) is 20.3 Å². The van der Waals surface area contributed by atoms with Crippen LogP contribution in [0.1, 0.15) is 34.6 Å². The molecule has 0 saturated heterocycles. The van der Waals surface area contributed by atoms with Gasteiger partial charge in [-0.3, -0.25) is 4.79 Å². The highest BCUT2D eigenvalue weighted by molar-refractivity contribution is 5.93.